The summed E-state index contributed by atoms with van der Waals surface area (Å²) in [6, 6.07) is 0. The number of hydrogen-bond donors (Lipinski definition) is 0. The molecule has 4 aliphatic carbocycles. The Hall–Kier alpha value is -1.03. The largest absolute Gasteiger partial charge is 0.369 e. The molecule has 0 N–H and O–H groups in total. The molecule has 3 unspecified atom stereocenters. The lowest BCUT2D eigenvalue weighted by atomic mass is 9.35. The van der Waals surface area contributed by atoms with Crippen LogP contribution in [0, 0.1) is 45.3 Å². The van der Waals surface area contributed by atoms with E-state index in [1.165, 1.54) is 0 Å². The van der Waals surface area contributed by atoms with Crippen LogP contribution in [0.15, 0.2) is 0 Å². The average molecular weight is 471 g/mol. The molecule has 4 heteroatoms. The van der Waals surface area contributed by atoms with Crippen LogP contribution in [0.25, 0.3) is 0 Å². The number of hydrogen-bond acceptors (Lipinski definition) is 4. The summed E-state index contributed by atoms with van der Waals surface area (Å²) in [5.74, 6) is 0.918. The van der Waals surface area contributed by atoms with Gasteiger partial charge >= 0.3 is 0 Å². The van der Waals surface area contributed by atoms with E-state index in [1.807, 2.05) is 13.8 Å². The van der Waals surface area contributed by atoms with Gasteiger partial charge in [0.25, 0.3) is 0 Å². The zero-order chi connectivity index (χ0) is 25.1. The van der Waals surface area contributed by atoms with Crippen molar-refractivity contribution in [3.8, 4) is 0 Å². The maximum absolute atomic E-state index is 14.2. The second kappa shape index (κ2) is 7.05. The van der Waals surface area contributed by atoms with Gasteiger partial charge in [-0.1, -0.05) is 34.6 Å². The Kier molecular flexibility index (Phi) is 5.11. The summed E-state index contributed by atoms with van der Waals surface area (Å²) in [6.07, 6.45) is 7.51. The lowest BCUT2D eigenvalue weighted by Crippen LogP contribution is -2.68. The topological polar surface area (TPSA) is 60.4 Å². The van der Waals surface area contributed by atoms with Crippen molar-refractivity contribution in [1.82, 2.24) is 0 Å². The van der Waals surface area contributed by atoms with Crippen LogP contribution >= 0.6 is 0 Å². The van der Waals surface area contributed by atoms with Crippen molar-refractivity contribution in [2.75, 3.05) is 0 Å². The van der Waals surface area contributed by atoms with E-state index in [0.717, 1.165) is 38.5 Å². The average Bonchev–Trinajstić information content (AvgIpc) is 3.07. The van der Waals surface area contributed by atoms with Gasteiger partial charge in [0.05, 0.1) is 11.2 Å². The van der Waals surface area contributed by atoms with Crippen molar-refractivity contribution in [1.29, 1.82) is 0 Å². The molecular weight excluding hydrogens is 424 g/mol. The van der Waals surface area contributed by atoms with Crippen molar-refractivity contribution in [2.45, 2.75) is 124 Å². The lowest BCUT2D eigenvalue weighted by molar-refractivity contribution is -0.220. The number of fused-ring (bicyclic) bond motifs is 5. The molecule has 8 atom stereocenters. The van der Waals surface area contributed by atoms with Crippen molar-refractivity contribution < 1.29 is 19.1 Å². The van der Waals surface area contributed by atoms with Crippen LogP contribution in [0.3, 0.4) is 0 Å². The molecule has 0 aromatic carbocycles. The van der Waals surface area contributed by atoms with Crippen LogP contribution in [0.2, 0.25) is 0 Å². The van der Waals surface area contributed by atoms with Gasteiger partial charge in [0.2, 0.25) is 0 Å². The van der Waals surface area contributed by atoms with Crippen LogP contribution in [0.5, 0.6) is 0 Å². The highest BCUT2D eigenvalue weighted by Crippen LogP contribution is 2.74. The van der Waals surface area contributed by atoms with E-state index >= 15 is 0 Å². The molecule has 5 rings (SSSR count). The molecule has 0 aromatic heterocycles. The molecule has 0 bridgehead atoms. The molecular formula is C30H46O4. The van der Waals surface area contributed by atoms with Crippen LogP contribution < -0.4 is 0 Å². The Bertz CT molecular complexity index is 947. The standard InChI is InChI=1S/C30H46O4/c1-25(2)12-9-13-30(8,34-25)18-10-15-28(6)23(18)19(31)16-21-27(5)14-11-22(33)26(3,4)24(27)20(32)17-29(21,28)7/h18,21,23-24H,9-17H2,1-8H3/t18-,21?,23?,24?,27+,28+,29+,30+/m0/s1. The fraction of sp³-hybridized carbons (Fsp3) is 0.900. The molecule has 34 heavy (non-hydrogen) atoms. The van der Waals surface area contributed by atoms with Gasteiger partial charge in [-0.15, -0.1) is 0 Å². The molecule has 0 aromatic rings. The summed E-state index contributed by atoms with van der Waals surface area (Å²) in [7, 11) is 0. The van der Waals surface area contributed by atoms with Crippen LogP contribution in [0.4, 0.5) is 0 Å². The highest BCUT2D eigenvalue weighted by atomic mass is 16.5. The number of ether oxygens (including phenoxy) is 1. The zero-order valence-corrected chi connectivity index (χ0v) is 22.8. The van der Waals surface area contributed by atoms with E-state index in [0.29, 0.717) is 25.0 Å². The molecule has 1 aliphatic heterocycles. The van der Waals surface area contributed by atoms with Gasteiger partial charge in [0.15, 0.2) is 0 Å². The highest BCUT2D eigenvalue weighted by molar-refractivity contribution is 5.96. The number of Topliss-reactive ketones (excluding diaryl/α,β-unsaturated/α-hetero) is 3. The summed E-state index contributed by atoms with van der Waals surface area (Å²) in [6.45, 7) is 17.5. The first-order valence-electron chi connectivity index (χ1n) is 13.8. The van der Waals surface area contributed by atoms with E-state index in [1.54, 1.807) is 0 Å². The van der Waals surface area contributed by atoms with Gasteiger partial charge in [-0.25, -0.2) is 0 Å². The second-order valence-electron chi connectivity index (χ2n) is 14.9. The maximum Gasteiger partial charge on any atom is 0.139 e. The minimum Gasteiger partial charge on any atom is -0.369 e. The van der Waals surface area contributed by atoms with E-state index in [-0.39, 0.29) is 62.7 Å². The van der Waals surface area contributed by atoms with Crippen LogP contribution in [0.1, 0.15) is 113 Å². The highest BCUT2D eigenvalue weighted by Gasteiger charge is 2.73. The molecule has 5 fully saturated rings. The third kappa shape index (κ3) is 2.96. The quantitative estimate of drug-likeness (QED) is 0.449. The molecule has 4 nitrogen and oxygen atoms in total. The minimum absolute atomic E-state index is 0.0427. The lowest BCUT2D eigenvalue weighted by Gasteiger charge is -2.67. The van der Waals surface area contributed by atoms with E-state index in [9.17, 15) is 14.4 Å². The van der Waals surface area contributed by atoms with Crippen LogP contribution in [-0.2, 0) is 19.1 Å². The van der Waals surface area contributed by atoms with Crippen molar-refractivity contribution in [3.05, 3.63) is 0 Å². The van der Waals surface area contributed by atoms with Gasteiger partial charge in [0.1, 0.15) is 17.3 Å². The fourth-order valence-electron chi connectivity index (χ4n) is 10.6. The predicted molar refractivity (Wildman–Crippen MR) is 132 cm³/mol. The first-order valence-corrected chi connectivity index (χ1v) is 13.8. The molecule has 4 saturated carbocycles. The Morgan fingerprint density at radius 1 is 0.794 bits per heavy atom. The Morgan fingerprint density at radius 3 is 2.12 bits per heavy atom. The van der Waals surface area contributed by atoms with Gasteiger partial charge in [-0.05, 0) is 87.4 Å². The summed E-state index contributed by atoms with van der Waals surface area (Å²) in [5.41, 5.74) is -1.80. The molecule has 1 saturated heterocycles. The Labute approximate surface area is 206 Å². The van der Waals surface area contributed by atoms with Gasteiger partial charge < -0.3 is 4.74 Å². The molecule has 190 valence electrons. The van der Waals surface area contributed by atoms with Crippen molar-refractivity contribution in [2.24, 2.45) is 45.3 Å². The molecule has 1 heterocycles. The van der Waals surface area contributed by atoms with Crippen molar-refractivity contribution in [3.63, 3.8) is 0 Å². The fourth-order valence-corrected chi connectivity index (χ4v) is 10.6. The maximum atomic E-state index is 14.2. The minimum atomic E-state index is -0.639. The SMILES string of the molecule is CC1(C)CCC[C@](C)([C@H]2CC[C@]3(C)C2C(=O)CC2[C@@]4(C)CCC(=O)C(C)(C)C4C(=O)C[C@]23C)O1. The molecule has 0 radical (unpaired) electrons. The normalized spacial score (nSPS) is 52.1. The summed E-state index contributed by atoms with van der Waals surface area (Å²) in [5, 5.41) is 0. The van der Waals surface area contributed by atoms with Gasteiger partial charge in [-0.3, -0.25) is 14.4 Å². The number of carbonyl (C=O) groups excluding carboxylic acids is 3. The van der Waals surface area contributed by atoms with Crippen LogP contribution in [-0.4, -0.2) is 28.6 Å². The van der Waals surface area contributed by atoms with Gasteiger partial charge in [0, 0.05) is 36.5 Å². The number of carbonyl (C=O) groups is 3. The predicted octanol–water partition coefficient (Wildman–Crippen LogP) is 6.34. The van der Waals surface area contributed by atoms with Crippen molar-refractivity contribution >= 4 is 17.3 Å². The smallest absolute Gasteiger partial charge is 0.139 e. The molecule has 5 aliphatic rings. The first-order chi connectivity index (χ1) is 15.5. The summed E-state index contributed by atoms with van der Waals surface area (Å²) < 4.78 is 6.77. The van der Waals surface area contributed by atoms with Gasteiger partial charge in [-0.2, -0.15) is 0 Å². The summed E-state index contributed by atoms with van der Waals surface area (Å²) in [4.78, 5) is 41.0. The Morgan fingerprint density at radius 2 is 1.47 bits per heavy atom. The Balaban J connectivity index is 1.56. The van der Waals surface area contributed by atoms with E-state index < -0.39 is 5.41 Å². The third-order valence-electron chi connectivity index (χ3n) is 12.3. The summed E-state index contributed by atoms with van der Waals surface area (Å²) >= 11 is 0. The second-order valence-corrected chi connectivity index (χ2v) is 14.9. The monoisotopic (exact) mass is 470 g/mol. The first kappa shape index (κ1) is 24.7. The molecule has 0 spiro atoms. The third-order valence-corrected chi connectivity index (χ3v) is 12.3. The zero-order valence-electron chi connectivity index (χ0n) is 22.8. The number of rotatable bonds is 1. The van der Waals surface area contributed by atoms with E-state index in [2.05, 4.69) is 41.5 Å². The molecule has 0 amide bonds. The number of ketones is 3. The van der Waals surface area contributed by atoms with E-state index in [4.69, 9.17) is 4.74 Å².